The molecule has 29 heavy (non-hydrogen) atoms. The molecule has 5 nitrogen and oxygen atoms in total. The molecule has 3 aromatic rings. The number of hydrogen-bond donors (Lipinski definition) is 1. The number of amides is 1. The van der Waals surface area contributed by atoms with Crippen LogP contribution in [0.5, 0.6) is 0 Å². The zero-order valence-corrected chi connectivity index (χ0v) is 17.2. The minimum absolute atomic E-state index is 0.00868. The highest BCUT2D eigenvalue weighted by Gasteiger charge is 2.21. The number of carbonyl (C=O) groups is 2. The lowest BCUT2D eigenvalue weighted by Crippen LogP contribution is -2.38. The largest absolute Gasteiger partial charge is 0.452 e. The van der Waals surface area contributed by atoms with E-state index in [4.69, 9.17) is 9.72 Å². The van der Waals surface area contributed by atoms with E-state index in [0.717, 1.165) is 16.8 Å². The number of ether oxygens (including phenoxy) is 1. The van der Waals surface area contributed by atoms with Crippen molar-refractivity contribution in [3.05, 3.63) is 65.7 Å². The van der Waals surface area contributed by atoms with Crippen LogP contribution in [0.4, 0.5) is 0 Å². The summed E-state index contributed by atoms with van der Waals surface area (Å²) in [7, 11) is 0. The molecule has 0 saturated heterocycles. The van der Waals surface area contributed by atoms with Gasteiger partial charge in [-0.1, -0.05) is 62.4 Å². The van der Waals surface area contributed by atoms with Crippen LogP contribution in [0.2, 0.25) is 0 Å². The molecule has 0 aliphatic rings. The second-order valence-electron chi connectivity index (χ2n) is 7.52. The smallest absolute Gasteiger partial charge is 0.339 e. The number of nitrogens with zero attached hydrogens (tertiary/aromatic N) is 1. The van der Waals surface area contributed by atoms with Gasteiger partial charge in [-0.15, -0.1) is 0 Å². The minimum Gasteiger partial charge on any atom is -0.452 e. The molecule has 2 aromatic carbocycles. The zero-order chi connectivity index (χ0) is 21.0. The summed E-state index contributed by atoms with van der Waals surface area (Å²) < 4.78 is 5.37. The van der Waals surface area contributed by atoms with Crippen LogP contribution >= 0.6 is 0 Å². The number of rotatable bonds is 6. The van der Waals surface area contributed by atoms with Crippen LogP contribution < -0.4 is 5.32 Å². The molecule has 1 heterocycles. The van der Waals surface area contributed by atoms with Gasteiger partial charge in [0.05, 0.1) is 16.8 Å². The third kappa shape index (κ3) is 4.62. The Morgan fingerprint density at radius 1 is 1.00 bits per heavy atom. The van der Waals surface area contributed by atoms with Crippen LogP contribution in [-0.4, -0.2) is 29.5 Å². The lowest BCUT2D eigenvalue weighted by molar-refractivity contribution is -0.125. The van der Waals surface area contributed by atoms with Crippen LogP contribution in [0.3, 0.4) is 0 Å². The van der Waals surface area contributed by atoms with E-state index in [1.807, 2.05) is 82.3 Å². The number of para-hydroxylation sites is 1. The Hall–Kier alpha value is -3.21. The summed E-state index contributed by atoms with van der Waals surface area (Å²) in [4.78, 5) is 29.8. The third-order valence-corrected chi connectivity index (χ3v) is 5.11. The van der Waals surface area contributed by atoms with Gasteiger partial charge in [0.15, 0.2) is 6.61 Å². The van der Waals surface area contributed by atoms with E-state index in [0.29, 0.717) is 22.4 Å². The number of nitrogens with one attached hydrogen (secondary N) is 1. The Balaban J connectivity index is 1.92. The standard InChI is InChI=1S/C24H26N2O3/c1-15(2)17(4)25-21(27)14-29-24(28)22-16(3)23(18-10-6-5-7-11-18)26-20-13-9-8-12-19(20)22/h5-13,15,17H,14H2,1-4H3,(H,25,27)/t17-/m1/s1. The average molecular weight is 390 g/mol. The van der Waals surface area contributed by atoms with Gasteiger partial charge < -0.3 is 10.1 Å². The van der Waals surface area contributed by atoms with Gasteiger partial charge in [-0.25, -0.2) is 9.78 Å². The molecule has 0 aliphatic heterocycles. The van der Waals surface area contributed by atoms with E-state index in [9.17, 15) is 9.59 Å². The Morgan fingerprint density at radius 2 is 1.66 bits per heavy atom. The first-order valence-electron chi connectivity index (χ1n) is 9.79. The van der Waals surface area contributed by atoms with Crippen molar-refractivity contribution in [2.45, 2.75) is 33.7 Å². The van der Waals surface area contributed by atoms with Crippen molar-refractivity contribution in [1.82, 2.24) is 10.3 Å². The fourth-order valence-electron chi connectivity index (χ4n) is 3.11. The lowest BCUT2D eigenvalue weighted by Gasteiger charge is -2.18. The fraction of sp³-hybridized carbons (Fsp3) is 0.292. The Kier molecular flexibility index (Phi) is 6.27. The molecule has 1 atom stereocenters. The van der Waals surface area contributed by atoms with Crippen molar-refractivity contribution >= 4 is 22.8 Å². The van der Waals surface area contributed by atoms with E-state index in [-0.39, 0.29) is 18.6 Å². The van der Waals surface area contributed by atoms with Gasteiger partial charge >= 0.3 is 5.97 Å². The normalized spacial score (nSPS) is 12.0. The van der Waals surface area contributed by atoms with E-state index in [1.54, 1.807) is 0 Å². The Bertz CT molecular complexity index is 1030. The van der Waals surface area contributed by atoms with E-state index in [2.05, 4.69) is 5.32 Å². The van der Waals surface area contributed by atoms with Gasteiger partial charge in [0.2, 0.25) is 0 Å². The topological polar surface area (TPSA) is 68.3 Å². The molecule has 3 rings (SSSR count). The third-order valence-electron chi connectivity index (χ3n) is 5.11. The minimum atomic E-state index is -0.523. The van der Waals surface area contributed by atoms with E-state index >= 15 is 0 Å². The van der Waals surface area contributed by atoms with Crippen LogP contribution in [-0.2, 0) is 9.53 Å². The van der Waals surface area contributed by atoms with Crippen LogP contribution in [0.25, 0.3) is 22.2 Å². The SMILES string of the molecule is Cc1c(-c2ccccc2)nc2ccccc2c1C(=O)OCC(=O)N[C@H](C)C(C)C. The van der Waals surface area contributed by atoms with Gasteiger partial charge in [-0.3, -0.25) is 4.79 Å². The highest BCUT2D eigenvalue weighted by molar-refractivity contribution is 6.06. The molecule has 0 spiro atoms. The number of esters is 1. The van der Waals surface area contributed by atoms with Crippen molar-refractivity contribution in [3.63, 3.8) is 0 Å². The summed E-state index contributed by atoms with van der Waals surface area (Å²) in [5, 5.41) is 3.56. The van der Waals surface area contributed by atoms with Gasteiger partial charge in [-0.2, -0.15) is 0 Å². The first-order chi connectivity index (χ1) is 13.9. The number of benzene rings is 2. The van der Waals surface area contributed by atoms with Crippen LogP contribution in [0, 0.1) is 12.8 Å². The molecule has 1 aromatic heterocycles. The quantitative estimate of drug-likeness (QED) is 0.628. The Labute approximate surface area is 171 Å². The summed E-state index contributed by atoms with van der Waals surface area (Å²) in [5.41, 5.74) is 3.54. The molecule has 5 heteroatoms. The van der Waals surface area contributed by atoms with Gasteiger partial charge in [0.1, 0.15) is 0 Å². The summed E-state index contributed by atoms with van der Waals surface area (Å²) in [6.07, 6.45) is 0. The zero-order valence-electron chi connectivity index (χ0n) is 17.2. The first-order valence-corrected chi connectivity index (χ1v) is 9.79. The van der Waals surface area contributed by atoms with Gasteiger partial charge in [0.25, 0.3) is 5.91 Å². The van der Waals surface area contributed by atoms with E-state index in [1.165, 1.54) is 0 Å². The number of carbonyl (C=O) groups excluding carboxylic acids is 2. The lowest BCUT2D eigenvalue weighted by atomic mass is 9.98. The molecular formula is C24H26N2O3. The maximum atomic E-state index is 13.0. The second-order valence-corrected chi connectivity index (χ2v) is 7.52. The highest BCUT2D eigenvalue weighted by Crippen LogP contribution is 2.30. The molecule has 0 radical (unpaired) electrons. The molecule has 0 bridgehead atoms. The summed E-state index contributed by atoms with van der Waals surface area (Å²) >= 11 is 0. The van der Waals surface area contributed by atoms with Crippen molar-refractivity contribution < 1.29 is 14.3 Å². The summed E-state index contributed by atoms with van der Waals surface area (Å²) in [6, 6.07) is 17.2. The number of fused-ring (bicyclic) bond motifs is 1. The summed E-state index contributed by atoms with van der Waals surface area (Å²) in [6.45, 7) is 7.52. The molecule has 150 valence electrons. The molecule has 1 N–H and O–H groups in total. The molecule has 1 amide bonds. The maximum absolute atomic E-state index is 13.0. The van der Waals surface area contributed by atoms with Crippen molar-refractivity contribution in [2.75, 3.05) is 6.61 Å². The van der Waals surface area contributed by atoms with Crippen LogP contribution in [0.15, 0.2) is 54.6 Å². The van der Waals surface area contributed by atoms with Crippen molar-refractivity contribution in [3.8, 4) is 11.3 Å². The highest BCUT2D eigenvalue weighted by atomic mass is 16.5. The number of pyridine rings is 1. The number of aromatic nitrogens is 1. The molecule has 0 saturated carbocycles. The average Bonchev–Trinajstić information content (AvgIpc) is 2.72. The monoisotopic (exact) mass is 390 g/mol. The molecule has 0 unspecified atom stereocenters. The second kappa shape index (κ2) is 8.86. The van der Waals surface area contributed by atoms with Gasteiger partial charge in [-0.05, 0) is 31.4 Å². The first kappa shape index (κ1) is 20.5. The molecule has 0 fully saturated rings. The maximum Gasteiger partial charge on any atom is 0.339 e. The van der Waals surface area contributed by atoms with Crippen molar-refractivity contribution in [1.29, 1.82) is 0 Å². The Morgan fingerprint density at radius 3 is 2.34 bits per heavy atom. The van der Waals surface area contributed by atoms with Crippen LogP contribution in [0.1, 0.15) is 36.7 Å². The molecule has 0 aliphatic carbocycles. The fourth-order valence-corrected chi connectivity index (χ4v) is 3.11. The molecular weight excluding hydrogens is 364 g/mol. The predicted octanol–water partition coefficient (Wildman–Crippen LogP) is 4.53. The summed E-state index contributed by atoms with van der Waals surface area (Å²) in [5.74, 6) is -0.529. The van der Waals surface area contributed by atoms with E-state index < -0.39 is 5.97 Å². The number of hydrogen-bond acceptors (Lipinski definition) is 4. The van der Waals surface area contributed by atoms with Gasteiger partial charge in [0, 0.05) is 17.0 Å². The van der Waals surface area contributed by atoms with Crippen molar-refractivity contribution in [2.24, 2.45) is 5.92 Å². The predicted molar refractivity (Wildman–Crippen MR) is 115 cm³/mol.